The minimum atomic E-state index is -1.39. The molecule has 0 radical (unpaired) electrons. The van der Waals surface area contributed by atoms with Gasteiger partial charge >= 0.3 is 6.03 Å². The predicted molar refractivity (Wildman–Crippen MR) is 134 cm³/mol. The molecule has 10 nitrogen and oxygen atoms in total. The van der Waals surface area contributed by atoms with Gasteiger partial charge in [0.05, 0.1) is 29.4 Å². The van der Waals surface area contributed by atoms with Crippen molar-refractivity contribution in [2.45, 2.75) is 38.4 Å². The van der Waals surface area contributed by atoms with Gasteiger partial charge in [-0.1, -0.05) is 42.5 Å². The van der Waals surface area contributed by atoms with E-state index in [1.54, 1.807) is 27.8 Å². The third-order valence-electron chi connectivity index (χ3n) is 5.56. The highest BCUT2D eigenvalue weighted by atomic mass is 16.2. The lowest BCUT2D eigenvalue weighted by Crippen LogP contribution is -2.60. The number of aromatic amines is 1. The van der Waals surface area contributed by atoms with Crippen LogP contribution in [0.1, 0.15) is 32.0 Å². The van der Waals surface area contributed by atoms with Gasteiger partial charge in [0.25, 0.3) is 5.91 Å². The number of nitrogens with zero attached hydrogens (tertiary/aromatic N) is 1. The predicted octanol–water partition coefficient (Wildman–Crippen LogP) is 2.21. The van der Waals surface area contributed by atoms with Gasteiger partial charge in [0, 0.05) is 19.2 Å². The van der Waals surface area contributed by atoms with Crippen molar-refractivity contribution in [3.63, 3.8) is 0 Å². The molecule has 3 rings (SSSR count). The summed E-state index contributed by atoms with van der Waals surface area (Å²) in [7, 11) is 1.56. The average molecular weight is 478 g/mol. The fraction of sp³-hybridized carbons (Fsp3) is 0.280. The number of carbonyl (C=O) groups excluding carboxylic acids is 3. The van der Waals surface area contributed by atoms with Crippen LogP contribution in [0.15, 0.2) is 61.1 Å². The highest BCUT2D eigenvalue weighted by molar-refractivity contribution is 5.95. The van der Waals surface area contributed by atoms with Crippen LogP contribution in [0.5, 0.6) is 0 Å². The Morgan fingerprint density at radius 2 is 1.69 bits per heavy atom. The SMILES string of the molecule is CNC(=O)Nc1ccccc1-c1ccc(CNC(=O)[C@](C)(NC(=O)C(C)(C)N)c2cnc[nH]2)cc1. The van der Waals surface area contributed by atoms with Gasteiger partial charge in [-0.15, -0.1) is 0 Å². The summed E-state index contributed by atoms with van der Waals surface area (Å²) < 4.78 is 0. The van der Waals surface area contributed by atoms with Crippen molar-refractivity contribution in [3.05, 3.63) is 72.3 Å². The van der Waals surface area contributed by atoms with Crippen LogP contribution in [0.2, 0.25) is 0 Å². The van der Waals surface area contributed by atoms with E-state index < -0.39 is 22.9 Å². The monoisotopic (exact) mass is 477 g/mol. The van der Waals surface area contributed by atoms with Crippen LogP contribution in [0, 0.1) is 0 Å². The molecule has 0 unspecified atom stereocenters. The lowest BCUT2D eigenvalue weighted by Gasteiger charge is -2.31. The van der Waals surface area contributed by atoms with E-state index in [1.165, 1.54) is 12.5 Å². The Balaban J connectivity index is 1.74. The Bertz CT molecular complexity index is 1180. The van der Waals surface area contributed by atoms with Crippen LogP contribution in [0.25, 0.3) is 11.1 Å². The van der Waals surface area contributed by atoms with Crippen LogP contribution in [0.3, 0.4) is 0 Å². The molecule has 184 valence electrons. The second-order valence-corrected chi connectivity index (χ2v) is 8.90. The summed E-state index contributed by atoms with van der Waals surface area (Å²) in [6.07, 6.45) is 2.93. The topological polar surface area (TPSA) is 154 Å². The maximum Gasteiger partial charge on any atom is 0.318 e. The Kier molecular flexibility index (Phi) is 7.55. The maximum absolute atomic E-state index is 13.2. The van der Waals surface area contributed by atoms with E-state index >= 15 is 0 Å². The first-order chi connectivity index (χ1) is 16.5. The molecule has 0 bridgehead atoms. The molecule has 0 saturated carbocycles. The van der Waals surface area contributed by atoms with Gasteiger partial charge in [-0.05, 0) is 38.0 Å². The van der Waals surface area contributed by atoms with Crippen molar-refractivity contribution in [3.8, 4) is 11.1 Å². The number of para-hydroxylation sites is 1. The summed E-state index contributed by atoms with van der Waals surface area (Å²) in [5, 5.41) is 11.0. The number of anilines is 1. The molecule has 0 fully saturated rings. The van der Waals surface area contributed by atoms with Gasteiger partial charge in [-0.3, -0.25) is 9.59 Å². The van der Waals surface area contributed by atoms with Gasteiger partial charge in [-0.2, -0.15) is 0 Å². The van der Waals surface area contributed by atoms with Crippen molar-refractivity contribution in [2.24, 2.45) is 5.73 Å². The number of imidazole rings is 1. The quantitative estimate of drug-likeness (QED) is 0.294. The Labute approximate surface area is 204 Å². The van der Waals surface area contributed by atoms with E-state index in [9.17, 15) is 14.4 Å². The van der Waals surface area contributed by atoms with Crippen molar-refractivity contribution in [2.75, 3.05) is 12.4 Å². The maximum atomic E-state index is 13.2. The Morgan fingerprint density at radius 1 is 1.00 bits per heavy atom. The lowest BCUT2D eigenvalue weighted by molar-refractivity contribution is -0.135. The number of aromatic nitrogens is 2. The molecule has 35 heavy (non-hydrogen) atoms. The number of rotatable bonds is 8. The van der Waals surface area contributed by atoms with Crippen LogP contribution in [0.4, 0.5) is 10.5 Å². The molecule has 3 aromatic rings. The van der Waals surface area contributed by atoms with Crippen LogP contribution in [-0.2, 0) is 21.7 Å². The van der Waals surface area contributed by atoms with E-state index in [1.807, 2.05) is 48.5 Å². The van der Waals surface area contributed by atoms with E-state index in [-0.39, 0.29) is 12.6 Å². The molecule has 0 aliphatic rings. The zero-order valence-electron chi connectivity index (χ0n) is 20.2. The molecule has 0 saturated heterocycles. The van der Waals surface area contributed by atoms with E-state index in [2.05, 4.69) is 31.2 Å². The van der Waals surface area contributed by atoms with Gasteiger partial charge in [-0.25, -0.2) is 9.78 Å². The fourth-order valence-corrected chi connectivity index (χ4v) is 3.35. The minimum absolute atomic E-state index is 0.239. The highest BCUT2D eigenvalue weighted by Crippen LogP contribution is 2.28. The second-order valence-electron chi connectivity index (χ2n) is 8.90. The molecular weight excluding hydrogens is 446 g/mol. The molecule has 2 aromatic carbocycles. The number of carbonyl (C=O) groups is 3. The molecular formula is C25H31N7O3. The highest BCUT2D eigenvalue weighted by Gasteiger charge is 2.40. The van der Waals surface area contributed by atoms with E-state index in [0.717, 1.165) is 16.7 Å². The standard InChI is InChI=1S/C25H31N7O3/c1-24(2,26)21(33)32-25(3,20-14-28-15-30-20)22(34)29-13-16-9-11-17(12-10-16)18-7-5-6-8-19(18)31-23(35)27-4/h5-12,14-15H,13,26H2,1-4H3,(H,28,30)(H,29,34)(H,32,33)(H2,27,31,35)/t25-/m1/s1. The summed E-state index contributed by atoms with van der Waals surface area (Å²) in [4.78, 5) is 44.4. The van der Waals surface area contributed by atoms with Gasteiger partial charge < -0.3 is 32.0 Å². The summed E-state index contributed by atoms with van der Waals surface area (Å²) in [6.45, 7) is 4.97. The third-order valence-corrected chi connectivity index (χ3v) is 5.56. The van der Waals surface area contributed by atoms with Crippen molar-refractivity contribution >= 4 is 23.5 Å². The molecule has 1 aromatic heterocycles. The number of benzene rings is 2. The Hall–Kier alpha value is -4.18. The Morgan fingerprint density at radius 3 is 2.29 bits per heavy atom. The van der Waals surface area contributed by atoms with E-state index in [0.29, 0.717) is 11.4 Å². The minimum Gasteiger partial charge on any atom is -0.350 e. The molecule has 4 amide bonds. The zero-order chi connectivity index (χ0) is 25.6. The van der Waals surface area contributed by atoms with Crippen molar-refractivity contribution in [1.82, 2.24) is 25.9 Å². The number of hydrogen-bond donors (Lipinski definition) is 6. The first kappa shape index (κ1) is 25.4. The molecule has 0 spiro atoms. The average Bonchev–Trinajstić information content (AvgIpc) is 3.38. The van der Waals surface area contributed by atoms with Crippen LogP contribution >= 0.6 is 0 Å². The molecule has 1 atom stereocenters. The lowest BCUT2D eigenvalue weighted by atomic mass is 9.94. The van der Waals surface area contributed by atoms with Crippen LogP contribution < -0.4 is 27.0 Å². The largest absolute Gasteiger partial charge is 0.350 e. The van der Waals surface area contributed by atoms with Crippen molar-refractivity contribution < 1.29 is 14.4 Å². The molecule has 0 aliphatic heterocycles. The first-order valence-electron chi connectivity index (χ1n) is 11.1. The van der Waals surface area contributed by atoms with Crippen molar-refractivity contribution in [1.29, 1.82) is 0 Å². The number of nitrogens with two attached hydrogens (primary N) is 1. The number of nitrogens with one attached hydrogen (secondary N) is 5. The fourth-order valence-electron chi connectivity index (χ4n) is 3.35. The van der Waals surface area contributed by atoms with Gasteiger partial charge in [0.2, 0.25) is 5.91 Å². The molecule has 1 heterocycles. The van der Waals surface area contributed by atoms with Gasteiger partial charge in [0.1, 0.15) is 0 Å². The first-order valence-corrected chi connectivity index (χ1v) is 11.1. The third kappa shape index (κ3) is 6.04. The molecule has 7 N–H and O–H groups in total. The number of H-pyrrole nitrogens is 1. The summed E-state index contributed by atoms with van der Waals surface area (Å²) in [5.41, 5.74) is 7.10. The van der Waals surface area contributed by atoms with Crippen LogP contribution in [-0.4, -0.2) is 40.4 Å². The number of amides is 4. The summed E-state index contributed by atoms with van der Waals surface area (Å²) in [5.74, 6) is -0.887. The summed E-state index contributed by atoms with van der Waals surface area (Å²) >= 11 is 0. The second kappa shape index (κ2) is 10.4. The summed E-state index contributed by atoms with van der Waals surface area (Å²) in [6, 6.07) is 14.8. The number of urea groups is 1. The molecule has 0 aliphatic carbocycles. The number of hydrogen-bond acceptors (Lipinski definition) is 5. The molecule has 10 heteroatoms. The van der Waals surface area contributed by atoms with Gasteiger partial charge in [0.15, 0.2) is 5.54 Å². The zero-order valence-corrected chi connectivity index (χ0v) is 20.2. The smallest absolute Gasteiger partial charge is 0.318 e. The van der Waals surface area contributed by atoms with E-state index in [4.69, 9.17) is 5.73 Å². The normalized spacial score (nSPS) is 12.8.